The molecule has 34 heavy (non-hydrogen) atoms. The van der Waals surface area contributed by atoms with Gasteiger partial charge in [-0.05, 0) is 48.4 Å². The maximum atomic E-state index is 12.8. The van der Waals surface area contributed by atoms with E-state index in [4.69, 9.17) is 4.52 Å². The van der Waals surface area contributed by atoms with Crippen molar-refractivity contribution >= 4 is 17.5 Å². The average Bonchev–Trinajstić information content (AvgIpc) is 3.48. The van der Waals surface area contributed by atoms with E-state index in [0.29, 0.717) is 30.5 Å². The van der Waals surface area contributed by atoms with E-state index in [0.717, 1.165) is 22.3 Å². The van der Waals surface area contributed by atoms with Crippen molar-refractivity contribution in [3.05, 3.63) is 84.2 Å². The molecular formula is C26H23N5O3. The molecule has 8 heteroatoms. The topological polar surface area (TPSA) is 101 Å². The Kier molecular flexibility index (Phi) is 5.86. The summed E-state index contributed by atoms with van der Waals surface area (Å²) >= 11 is 0. The number of amides is 2. The highest BCUT2D eigenvalue weighted by Gasteiger charge is 2.34. The zero-order chi connectivity index (χ0) is 23.5. The lowest BCUT2D eigenvalue weighted by atomic mass is 10.1. The first kappa shape index (κ1) is 21.5. The van der Waals surface area contributed by atoms with Crippen LogP contribution >= 0.6 is 0 Å². The van der Waals surface area contributed by atoms with Gasteiger partial charge in [0.15, 0.2) is 0 Å². The van der Waals surface area contributed by atoms with Crippen molar-refractivity contribution in [2.24, 2.45) is 5.92 Å². The standard InChI is InChI=1S/C26H23N5O3/c1-17-5-2-3-7-22(17)24-29-26(34-30-24)19-8-10-21(11-9-19)28-25(33)20-13-23(32)31(16-20)15-18-6-4-12-27-14-18/h2-12,14,20H,13,15-16H2,1H3,(H,28,33). The molecule has 1 saturated heterocycles. The second-order valence-electron chi connectivity index (χ2n) is 8.34. The van der Waals surface area contributed by atoms with Crippen LogP contribution < -0.4 is 5.32 Å². The molecule has 1 atom stereocenters. The van der Waals surface area contributed by atoms with Gasteiger partial charge in [-0.3, -0.25) is 14.6 Å². The van der Waals surface area contributed by atoms with Gasteiger partial charge in [0, 0.05) is 48.7 Å². The summed E-state index contributed by atoms with van der Waals surface area (Å²) in [6.45, 7) is 2.85. The van der Waals surface area contributed by atoms with E-state index in [2.05, 4.69) is 20.4 Å². The van der Waals surface area contributed by atoms with Crippen molar-refractivity contribution in [2.45, 2.75) is 19.9 Å². The van der Waals surface area contributed by atoms with Gasteiger partial charge in [-0.1, -0.05) is 35.5 Å². The van der Waals surface area contributed by atoms with E-state index in [9.17, 15) is 9.59 Å². The summed E-state index contributed by atoms with van der Waals surface area (Å²) in [5.41, 5.74) is 4.33. The Morgan fingerprint density at radius 2 is 1.94 bits per heavy atom. The van der Waals surface area contributed by atoms with Crippen LogP contribution in [0.5, 0.6) is 0 Å². The minimum Gasteiger partial charge on any atom is -0.337 e. The van der Waals surface area contributed by atoms with Crippen LogP contribution in [-0.2, 0) is 16.1 Å². The molecule has 2 aromatic heterocycles. The third kappa shape index (κ3) is 4.56. The number of aromatic nitrogens is 3. The molecule has 5 rings (SSSR count). The molecule has 4 aromatic rings. The van der Waals surface area contributed by atoms with Crippen LogP contribution in [0.25, 0.3) is 22.8 Å². The molecule has 1 unspecified atom stereocenters. The van der Waals surface area contributed by atoms with Gasteiger partial charge >= 0.3 is 0 Å². The summed E-state index contributed by atoms with van der Waals surface area (Å²) in [5.74, 6) is 0.349. The molecule has 2 amide bonds. The van der Waals surface area contributed by atoms with Crippen LogP contribution in [0.2, 0.25) is 0 Å². The van der Waals surface area contributed by atoms with E-state index in [1.807, 2.05) is 55.5 Å². The third-order valence-corrected chi connectivity index (χ3v) is 5.89. The Morgan fingerprint density at radius 3 is 2.71 bits per heavy atom. The zero-order valence-electron chi connectivity index (χ0n) is 18.6. The summed E-state index contributed by atoms with van der Waals surface area (Å²) < 4.78 is 5.44. The molecular weight excluding hydrogens is 430 g/mol. The highest BCUT2D eigenvalue weighted by atomic mass is 16.5. The average molecular weight is 454 g/mol. The Labute approximate surface area is 196 Å². The number of nitrogens with one attached hydrogen (secondary N) is 1. The Morgan fingerprint density at radius 1 is 1.12 bits per heavy atom. The van der Waals surface area contributed by atoms with Crippen molar-refractivity contribution in [1.29, 1.82) is 0 Å². The number of pyridine rings is 1. The number of hydrogen-bond donors (Lipinski definition) is 1. The van der Waals surface area contributed by atoms with E-state index < -0.39 is 5.92 Å². The summed E-state index contributed by atoms with van der Waals surface area (Å²) in [6.07, 6.45) is 3.63. The molecule has 2 aromatic carbocycles. The number of likely N-dealkylation sites (tertiary alicyclic amines) is 1. The smallest absolute Gasteiger partial charge is 0.258 e. The number of nitrogens with zero attached hydrogens (tertiary/aromatic N) is 4. The molecule has 0 saturated carbocycles. The maximum absolute atomic E-state index is 12.8. The first-order valence-electron chi connectivity index (χ1n) is 11.0. The predicted octanol–water partition coefficient (Wildman–Crippen LogP) is 4.09. The number of aryl methyl sites for hydroxylation is 1. The number of hydrogen-bond acceptors (Lipinski definition) is 6. The fourth-order valence-corrected chi connectivity index (χ4v) is 4.03. The van der Waals surface area contributed by atoms with Gasteiger partial charge in [-0.2, -0.15) is 4.98 Å². The van der Waals surface area contributed by atoms with Gasteiger partial charge in [0.1, 0.15) is 0 Å². The van der Waals surface area contributed by atoms with E-state index >= 15 is 0 Å². The molecule has 170 valence electrons. The van der Waals surface area contributed by atoms with Crippen molar-refractivity contribution in [2.75, 3.05) is 11.9 Å². The number of rotatable bonds is 6. The lowest BCUT2D eigenvalue weighted by Gasteiger charge is -2.16. The molecule has 0 spiro atoms. The van der Waals surface area contributed by atoms with Crippen molar-refractivity contribution in [3.8, 4) is 22.8 Å². The van der Waals surface area contributed by atoms with Crippen LogP contribution in [0.4, 0.5) is 5.69 Å². The molecule has 1 N–H and O–H groups in total. The molecule has 1 aliphatic heterocycles. The van der Waals surface area contributed by atoms with Gasteiger partial charge in [0.2, 0.25) is 17.6 Å². The Hall–Kier alpha value is -4.33. The van der Waals surface area contributed by atoms with E-state index in [1.165, 1.54) is 0 Å². The maximum Gasteiger partial charge on any atom is 0.258 e. The van der Waals surface area contributed by atoms with Gasteiger partial charge in [-0.15, -0.1) is 0 Å². The molecule has 8 nitrogen and oxygen atoms in total. The van der Waals surface area contributed by atoms with Crippen LogP contribution in [0.1, 0.15) is 17.5 Å². The van der Waals surface area contributed by atoms with Gasteiger partial charge in [0.25, 0.3) is 5.89 Å². The van der Waals surface area contributed by atoms with Crippen LogP contribution in [0, 0.1) is 12.8 Å². The zero-order valence-corrected chi connectivity index (χ0v) is 18.6. The molecule has 1 aliphatic rings. The van der Waals surface area contributed by atoms with Gasteiger partial charge in [0.05, 0.1) is 5.92 Å². The Bertz CT molecular complexity index is 1320. The Balaban J connectivity index is 1.21. The molecule has 0 bridgehead atoms. The largest absolute Gasteiger partial charge is 0.337 e. The summed E-state index contributed by atoms with van der Waals surface area (Å²) in [4.78, 5) is 35.4. The summed E-state index contributed by atoms with van der Waals surface area (Å²) in [7, 11) is 0. The van der Waals surface area contributed by atoms with E-state index in [1.54, 1.807) is 29.4 Å². The van der Waals surface area contributed by atoms with Crippen LogP contribution in [0.3, 0.4) is 0 Å². The number of benzene rings is 2. The highest BCUT2D eigenvalue weighted by Crippen LogP contribution is 2.26. The van der Waals surface area contributed by atoms with Crippen LogP contribution in [-0.4, -0.2) is 38.4 Å². The summed E-state index contributed by atoms with van der Waals surface area (Å²) in [5, 5.41) is 7.00. The number of anilines is 1. The van der Waals surface area contributed by atoms with Gasteiger partial charge in [-0.25, -0.2) is 0 Å². The normalized spacial score (nSPS) is 15.5. The fourth-order valence-electron chi connectivity index (χ4n) is 4.03. The minimum absolute atomic E-state index is 0.0276. The number of carbonyl (C=O) groups excluding carboxylic acids is 2. The fraction of sp³-hybridized carbons (Fsp3) is 0.192. The quantitative estimate of drug-likeness (QED) is 0.472. The van der Waals surface area contributed by atoms with E-state index in [-0.39, 0.29) is 18.2 Å². The lowest BCUT2D eigenvalue weighted by Crippen LogP contribution is -2.28. The predicted molar refractivity (Wildman–Crippen MR) is 126 cm³/mol. The van der Waals surface area contributed by atoms with Crippen molar-refractivity contribution in [1.82, 2.24) is 20.0 Å². The van der Waals surface area contributed by atoms with Crippen molar-refractivity contribution < 1.29 is 14.1 Å². The van der Waals surface area contributed by atoms with Gasteiger partial charge < -0.3 is 14.7 Å². The minimum atomic E-state index is -0.392. The SMILES string of the molecule is Cc1ccccc1-c1noc(-c2ccc(NC(=O)C3CC(=O)N(Cc4cccnc4)C3)cc2)n1. The second-order valence-corrected chi connectivity index (χ2v) is 8.34. The summed E-state index contributed by atoms with van der Waals surface area (Å²) in [6, 6.07) is 18.8. The lowest BCUT2D eigenvalue weighted by molar-refractivity contribution is -0.128. The molecule has 1 fully saturated rings. The first-order valence-corrected chi connectivity index (χ1v) is 11.0. The third-order valence-electron chi connectivity index (χ3n) is 5.89. The first-order chi connectivity index (χ1) is 16.6. The molecule has 0 radical (unpaired) electrons. The molecule has 0 aliphatic carbocycles. The number of carbonyl (C=O) groups is 2. The molecule has 3 heterocycles. The second kappa shape index (κ2) is 9.27. The monoisotopic (exact) mass is 453 g/mol. The van der Waals surface area contributed by atoms with Crippen LogP contribution in [0.15, 0.2) is 77.6 Å². The highest BCUT2D eigenvalue weighted by molar-refractivity contribution is 5.97. The van der Waals surface area contributed by atoms with Crippen molar-refractivity contribution in [3.63, 3.8) is 0 Å².